The second kappa shape index (κ2) is 8.43. The van der Waals surface area contributed by atoms with Crippen molar-refractivity contribution in [3.05, 3.63) is 35.8 Å². The van der Waals surface area contributed by atoms with Crippen molar-refractivity contribution in [1.82, 2.24) is 9.97 Å². The van der Waals surface area contributed by atoms with Crippen molar-refractivity contribution in [3.8, 4) is 11.5 Å². The van der Waals surface area contributed by atoms with Gasteiger partial charge in [-0.05, 0) is 23.8 Å². The molecule has 26 heavy (non-hydrogen) atoms. The number of hydrogen-bond donors (Lipinski definition) is 1. The van der Waals surface area contributed by atoms with Crippen molar-refractivity contribution in [2.75, 3.05) is 50.8 Å². The summed E-state index contributed by atoms with van der Waals surface area (Å²) in [5, 5.41) is 4.10. The largest absolute Gasteiger partial charge is 0.493 e. The first-order valence-electron chi connectivity index (χ1n) is 8.07. The van der Waals surface area contributed by atoms with E-state index in [1.54, 1.807) is 32.6 Å². The van der Waals surface area contributed by atoms with Crippen LogP contribution in [0.3, 0.4) is 0 Å². The van der Waals surface area contributed by atoms with Crippen LogP contribution < -0.4 is 19.8 Å². The Bertz CT molecular complexity index is 781. The van der Waals surface area contributed by atoms with Crippen molar-refractivity contribution >= 4 is 18.0 Å². The summed E-state index contributed by atoms with van der Waals surface area (Å²) in [6.07, 6.45) is 2.72. The maximum Gasteiger partial charge on any atom is 0.245 e. The maximum absolute atomic E-state index is 14.0. The van der Waals surface area contributed by atoms with E-state index in [2.05, 4.69) is 20.5 Å². The van der Waals surface area contributed by atoms with Gasteiger partial charge in [0.05, 0.1) is 39.8 Å². The molecule has 8 nitrogen and oxygen atoms in total. The lowest BCUT2D eigenvalue weighted by Gasteiger charge is -2.27. The van der Waals surface area contributed by atoms with Gasteiger partial charge < -0.3 is 19.1 Å². The predicted molar refractivity (Wildman–Crippen MR) is 95.8 cm³/mol. The second-order valence-corrected chi connectivity index (χ2v) is 5.45. The summed E-state index contributed by atoms with van der Waals surface area (Å²) in [6, 6.07) is 5.40. The summed E-state index contributed by atoms with van der Waals surface area (Å²) < 4.78 is 29.7. The molecule has 0 radical (unpaired) electrons. The highest BCUT2D eigenvalue weighted by atomic mass is 19.1. The lowest BCUT2D eigenvalue weighted by molar-refractivity contribution is 0.122. The van der Waals surface area contributed by atoms with E-state index in [1.807, 2.05) is 11.0 Å². The van der Waals surface area contributed by atoms with Crippen molar-refractivity contribution in [1.29, 1.82) is 0 Å². The van der Waals surface area contributed by atoms with Crippen LogP contribution in [0.5, 0.6) is 11.5 Å². The second-order valence-electron chi connectivity index (χ2n) is 5.45. The zero-order valence-corrected chi connectivity index (χ0v) is 14.6. The number of anilines is 2. The summed E-state index contributed by atoms with van der Waals surface area (Å²) in [7, 11) is 3.14. The highest BCUT2D eigenvalue weighted by molar-refractivity contribution is 5.81. The molecule has 1 aliphatic heterocycles. The van der Waals surface area contributed by atoms with E-state index in [4.69, 9.17) is 14.2 Å². The number of halogens is 1. The van der Waals surface area contributed by atoms with E-state index < -0.39 is 5.82 Å². The quantitative estimate of drug-likeness (QED) is 0.622. The standard InChI is InChI=1S/C17H20FN5O3/c1-24-14-4-3-12(9-15(14)25-2)10-20-22-17-19-11-13(18)16(21-17)23-5-7-26-8-6-23/h3-4,9-11H,5-8H2,1-2H3,(H,19,21,22)/b20-10-. The van der Waals surface area contributed by atoms with E-state index in [1.165, 1.54) is 0 Å². The van der Waals surface area contributed by atoms with Gasteiger partial charge in [-0.25, -0.2) is 14.8 Å². The number of aromatic nitrogens is 2. The van der Waals surface area contributed by atoms with Gasteiger partial charge in [0, 0.05) is 13.1 Å². The zero-order chi connectivity index (χ0) is 18.4. The smallest absolute Gasteiger partial charge is 0.245 e. The summed E-state index contributed by atoms with van der Waals surface area (Å²) in [6.45, 7) is 2.26. The third-order valence-electron chi connectivity index (χ3n) is 3.82. The molecule has 9 heteroatoms. The molecule has 1 saturated heterocycles. The number of rotatable bonds is 6. The van der Waals surface area contributed by atoms with Crippen LogP contribution in [0.15, 0.2) is 29.5 Å². The fraction of sp³-hybridized carbons (Fsp3) is 0.353. The van der Waals surface area contributed by atoms with Gasteiger partial charge >= 0.3 is 0 Å². The average Bonchev–Trinajstić information content (AvgIpc) is 2.69. The Balaban J connectivity index is 1.70. The monoisotopic (exact) mass is 361 g/mol. The maximum atomic E-state index is 14.0. The van der Waals surface area contributed by atoms with Crippen molar-refractivity contribution < 1.29 is 18.6 Å². The predicted octanol–water partition coefficient (Wildman–Crippen LogP) is 1.92. The van der Waals surface area contributed by atoms with Gasteiger partial charge in [-0.15, -0.1) is 0 Å². The molecule has 1 fully saturated rings. The van der Waals surface area contributed by atoms with E-state index in [0.29, 0.717) is 37.8 Å². The zero-order valence-electron chi connectivity index (χ0n) is 14.6. The van der Waals surface area contributed by atoms with Gasteiger partial charge in [-0.3, -0.25) is 0 Å². The molecule has 3 rings (SSSR count). The minimum absolute atomic E-state index is 0.213. The number of hydrazone groups is 1. The average molecular weight is 361 g/mol. The number of hydrogen-bond acceptors (Lipinski definition) is 8. The number of benzene rings is 1. The normalized spacial score (nSPS) is 14.5. The molecule has 1 aromatic heterocycles. The van der Waals surface area contributed by atoms with Gasteiger partial charge in [0.2, 0.25) is 5.95 Å². The molecule has 0 atom stereocenters. The van der Waals surface area contributed by atoms with E-state index in [0.717, 1.165) is 11.8 Å². The molecule has 2 aromatic rings. The SMILES string of the molecule is COc1ccc(/C=N\Nc2ncc(F)c(N3CCOCC3)n2)cc1OC. The Hall–Kier alpha value is -2.94. The number of nitrogens with zero attached hydrogens (tertiary/aromatic N) is 4. The van der Waals surface area contributed by atoms with Gasteiger partial charge in [0.1, 0.15) is 0 Å². The summed E-state index contributed by atoms with van der Waals surface area (Å²) in [4.78, 5) is 9.94. The fourth-order valence-electron chi connectivity index (χ4n) is 2.51. The van der Waals surface area contributed by atoms with Crippen LogP contribution in [0.4, 0.5) is 16.2 Å². The minimum Gasteiger partial charge on any atom is -0.493 e. The fourth-order valence-corrected chi connectivity index (χ4v) is 2.51. The third kappa shape index (κ3) is 4.17. The lowest BCUT2D eigenvalue weighted by atomic mass is 10.2. The van der Waals surface area contributed by atoms with Crippen LogP contribution in [-0.4, -0.2) is 56.7 Å². The molecule has 1 aliphatic rings. The highest BCUT2D eigenvalue weighted by Gasteiger charge is 2.17. The molecule has 1 N–H and O–H groups in total. The summed E-state index contributed by atoms with van der Waals surface area (Å²) in [5.74, 6) is 1.22. The van der Waals surface area contributed by atoms with E-state index in [-0.39, 0.29) is 11.8 Å². The Morgan fingerprint density at radius 1 is 1.23 bits per heavy atom. The van der Waals surface area contributed by atoms with Crippen molar-refractivity contribution in [3.63, 3.8) is 0 Å². The summed E-state index contributed by atoms with van der Waals surface area (Å²) in [5.41, 5.74) is 3.51. The number of ether oxygens (including phenoxy) is 3. The molecule has 1 aromatic carbocycles. The van der Waals surface area contributed by atoms with Crippen LogP contribution in [0.25, 0.3) is 0 Å². The van der Waals surface area contributed by atoms with E-state index >= 15 is 0 Å². The molecule has 0 aliphatic carbocycles. The Labute approximate surface area is 150 Å². The minimum atomic E-state index is -0.471. The van der Waals surface area contributed by atoms with Crippen LogP contribution in [-0.2, 0) is 4.74 Å². The number of morpholine rings is 1. The molecule has 0 saturated carbocycles. The highest BCUT2D eigenvalue weighted by Crippen LogP contribution is 2.26. The van der Waals surface area contributed by atoms with Crippen LogP contribution in [0.1, 0.15) is 5.56 Å². The van der Waals surface area contributed by atoms with Gasteiger partial charge in [-0.2, -0.15) is 10.1 Å². The molecule has 0 spiro atoms. The van der Waals surface area contributed by atoms with Crippen LogP contribution in [0, 0.1) is 5.82 Å². The van der Waals surface area contributed by atoms with E-state index in [9.17, 15) is 4.39 Å². The molecule has 0 unspecified atom stereocenters. The van der Waals surface area contributed by atoms with Gasteiger partial charge in [0.25, 0.3) is 0 Å². The van der Waals surface area contributed by atoms with Crippen molar-refractivity contribution in [2.45, 2.75) is 0 Å². The first-order valence-corrected chi connectivity index (χ1v) is 8.07. The topological polar surface area (TPSA) is 81.1 Å². The Morgan fingerprint density at radius 2 is 2.00 bits per heavy atom. The van der Waals surface area contributed by atoms with Crippen LogP contribution in [0.2, 0.25) is 0 Å². The molecule has 0 bridgehead atoms. The molecular formula is C17H20FN5O3. The first-order chi connectivity index (χ1) is 12.7. The lowest BCUT2D eigenvalue weighted by Crippen LogP contribution is -2.37. The number of nitrogens with one attached hydrogen (secondary N) is 1. The summed E-state index contributed by atoms with van der Waals surface area (Å²) >= 11 is 0. The molecule has 0 amide bonds. The molecule has 2 heterocycles. The Kier molecular flexibility index (Phi) is 5.80. The Morgan fingerprint density at radius 3 is 2.73 bits per heavy atom. The van der Waals surface area contributed by atoms with Crippen LogP contribution >= 0.6 is 0 Å². The van der Waals surface area contributed by atoms with Crippen molar-refractivity contribution in [2.24, 2.45) is 5.10 Å². The molecule has 138 valence electrons. The van der Waals surface area contributed by atoms with Gasteiger partial charge in [0.15, 0.2) is 23.1 Å². The van der Waals surface area contributed by atoms with Gasteiger partial charge in [-0.1, -0.05) is 0 Å². The first kappa shape index (κ1) is 17.9. The third-order valence-corrected chi connectivity index (χ3v) is 3.82. The molecular weight excluding hydrogens is 341 g/mol. The number of methoxy groups -OCH3 is 2.